The lowest BCUT2D eigenvalue weighted by Crippen LogP contribution is -2.43. The van der Waals surface area contributed by atoms with E-state index in [1.54, 1.807) is 6.07 Å². The van der Waals surface area contributed by atoms with E-state index in [0.29, 0.717) is 17.7 Å². The Kier molecular flexibility index (Phi) is 6.31. The van der Waals surface area contributed by atoms with Crippen molar-refractivity contribution in [3.63, 3.8) is 0 Å². The van der Waals surface area contributed by atoms with Gasteiger partial charge in [-0.2, -0.15) is 0 Å². The molecule has 1 saturated heterocycles. The summed E-state index contributed by atoms with van der Waals surface area (Å²) >= 11 is 0. The maximum Gasteiger partial charge on any atom is 0.165 e. The van der Waals surface area contributed by atoms with Crippen LogP contribution in [-0.2, 0) is 0 Å². The molecule has 0 radical (unpaired) electrons. The SMILES string of the molecule is COc1cc(C(C)NC2CCC(c3ccc(N4CCNCC4)nc3)C2)ccc1F. The number of methoxy groups -OCH3 is 1. The van der Waals surface area contributed by atoms with Gasteiger partial charge in [0.05, 0.1) is 7.11 Å². The molecule has 2 heterocycles. The lowest BCUT2D eigenvalue weighted by molar-refractivity contribution is 0.384. The van der Waals surface area contributed by atoms with Crippen LogP contribution in [0.2, 0.25) is 0 Å². The van der Waals surface area contributed by atoms with E-state index in [0.717, 1.165) is 50.4 Å². The van der Waals surface area contributed by atoms with Crippen LogP contribution in [0.5, 0.6) is 5.75 Å². The van der Waals surface area contributed by atoms with E-state index < -0.39 is 0 Å². The molecule has 0 spiro atoms. The third-order valence-corrected chi connectivity index (χ3v) is 6.28. The van der Waals surface area contributed by atoms with Crippen LogP contribution in [0.4, 0.5) is 10.2 Å². The number of nitrogens with one attached hydrogen (secondary N) is 2. The third-order valence-electron chi connectivity index (χ3n) is 6.28. The molecule has 1 saturated carbocycles. The fourth-order valence-electron chi connectivity index (χ4n) is 4.55. The molecule has 0 amide bonds. The van der Waals surface area contributed by atoms with Gasteiger partial charge in [0.1, 0.15) is 5.82 Å². The van der Waals surface area contributed by atoms with Gasteiger partial charge in [-0.15, -0.1) is 0 Å². The second-order valence-corrected chi connectivity index (χ2v) is 8.18. The van der Waals surface area contributed by atoms with Crippen molar-refractivity contribution < 1.29 is 9.13 Å². The smallest absolute Gasteiger partial charge is 0.165 e. The standard InChI is InChI=1S/C23H31FN4O/c1-16(17-4-7-21(24)22(14-17)29-2)27-20-6-3-18(13-20)19-5-8-23(26-15-19)28-11-9-25-10-12-28/h4-5,7-8,14-16,18,20,25,27H,3,6,9-13H2,1-2H3. The van der Waals surface area contributed by atoms with Crippen molar-refractivity contribution in [1.29, 1.82) is 0 Å². The third kappa shape index (κ3) is 4.70. The Hall–Kier alpha value is -2.18. The molecule has 2 aliphatic rings. The first-order valence-electron chi connectivity index (χ1n) is 10.6. The zero-order valence-electron chi connectivity index (χ0n) is 17.3. The number of halogens is 1. The first-order chi connectivity index (χ1) is 14.1. The van der Waals surface area contributed by atoms with Crippen molar-refractivity contribution in [3.8, 4) is 5.75 Å². The number of hydrogen-bond donors (Lipinski definition) is 2. The van der Waals surface area contributed by atoms with E-state index in [4.69, 9.17) is 9.72 Å². The summed E-state index contributed by atoms with van der Waals surface area (Å²) < 4.78 is 18.8. The Morgan fingerprint density at radius 1 is 1.21 bits per heavy atom. The molecule has 29 heavy (non-hydrogen) atoms. The van der Waals surface area contributed by atoms with Crippen LogP contribution < -0.4 is 20.3 Å². The average molecular weight is 399 g/mol. The van der Waals surface area contributed by atoms with Gasteiger partial charge < -0.3 is 20.3 Å². The maximum absolute atomic E-state index is 13.7. The summed E-state index contributed by atoms with van der Waals surface area (Å²) in [5.74, 6) is 1.62. The molecular weight excluding hydrogens is 367 g/mol. The maximum atomic E-state index is 13.7. The zero-order valence-corrected chi connectivity index (χ0v) is 17.3. The van der Waals surface area contributed by atoms with Crippen LogP contribution in [-0.4, -0.2) is 44.3 Å². The molecule has 1 aromatic carbocycles. The minimum atomic E-state index is -0.318. The minimum Gasteiger partial charge on any atom is -0.494 e. The fourth-order valence-corrected chi connectivity index (χ4v) is 4.55. The van der Waals surface area contributed by atoms with E-state index in [2.05, 4.69) is 40.8 Å². The van der Waals surface area contributed by atoms with Crippen LogP contribution in [0.3, 0.4) is 0 Å². The number of anilines is 1. The number of nitrogens with zero attached hydrogens (tertiary/aromatic N) is 2. The van der Waals surface area contributed by atoms with Gasteiger partial charge in [-0.25, -0.2) is 9.37 Å². The summed E-state index contributed by atoms with van der Waals surface area (Å²) in [6.45, 7) is 6.22. The second kappa shape index (κ2) is 9.09. The number of aromatic nitrogens is 1. The number of hydrogen-bond acceptors (Lipinski definition) is 5. The predicted molar refractivity (Wildman–Crippen MR) is 114 cm³/mol. The first-order valence-corrected chi connectivity index (χ1v) is 10.6. The Morgan fingerprint density at radius 2 is 2.03 bits per heavy atom. The van der Waals surface area contributed by atoms with E-state index in [1.165, 1.54) is 25.2 Å². The van der Waals surface area contributed by atoms with Crippen LogP contribution >= 0.6 is 0 Å². The Labute approximate surface area is 172 Å². The van der Waals surface area contributed by atoms with Gasteiger partial charge in [-0.1, -0.05) is 12.1 Å². The minimum absolute atomic E-state index is 0.154. The Morgan fingerprint density at radius 3 is 2.76 bits per heavy atom. The van der Waals surface area contributed by atoms with Gasteiger partial charge in [-0.3, -0.25) is 0 Å². The van der Waals surface area contributed by atoms with E-state index >= 15 is 0 Å². The van der Waals surface area contributed by atoms with Gasteiger partial charge in [0, 0.05) is 44.5 Å². The monoisotopic (exact) mass is 398 g/mol. The molecule has 1 aliphatic heterocycles. The normalized spacial score (nSPS) is 23.2. The highest BCUT2D eigenvalue weighted by molar-refractivity contribution is 5.40. The molecule has 2 N–H and O–H groups in total. The number of piperazine rings is 1. The highest BCUT2D eigenvalue weighted by atomic mass is 19.1. The van der Waals surface area contributed by atoms with Gasteiger partial charge >= 0.3 is 0 Å². The predicted octanol–water partition coefficient (Wildman–Crippen LogP) is 3.63. The van der Waals surface area contributed by atoms with Gasteiger partial charge in [0.15, 0.2) is 11.6 Å². The topological polar surface area (TPSA) is 49.4 Å². The van der Waals surface area contributed by atoms with Crippen molar-refractivity contribution >= 4 is 5.82 Å². The molecule has 3 atom stereocenters. The lowest BCUT2D eigenvalue weighted by atomic mass is 9.99. The molecule has 1 aliphatic carbocycles. The summed E-state index contributed by atoms with van der Waals surface area (Å²) in [7, 11) is 1.50. The molecule has 4 rings (SSSR count). The molecule has 2 aromatic rings. The fraction of sp³-hybridized carbons (Fsp3) is 0.522. The second-order valence-electron chi connectivity index (χ2n) is 8.18. The number of ether oxygens (including phenoxy) is 1. The highest BCUT2D eigenvalue weighted by Crippen LogP contribution is 2.36. The molecule has 156 valence electrons. The van der Waals surface area contributed by atoms with Crippen molar-refractivity contribution in [2.24, 2.45) is 0 Å². The molecule has 2 fully saturated rings. The molecule has 6 heteroatoms. The summed E-state index contributed by atoms with van der Waals surface area (Å²) in [5, 5.41) is 7.10. The summed E-state index contributed by atoms with van der Waals surface area (Å²) in [5.41, 5.74) is 2.39. The van der Waals surface area contributed by atoms with Crippen molar-refractivity contribution in [2.45, 2.75) is 44.2 Å². The van der Waals surface area contributed by atoms with Crippen molar-refractivity contribution in [3.05, 3.63) is 53.5 Å². The lowest BCUT2D eigenvalue weighted by Gasteiger charge is -2.28. The Bertz CT molecular complexity index is 807. The summed E-state index contributed by atoms with van der Waals surface area (Å²) in [6.07, 6.45) is 5.49. The number of benzene rings is 1. The molecule has 5 nitrogen and oxygen atoms in total. The van der Waals surface area contributed by atoms with E-state index in [1.807, 2.05) is 6.07 Å². The zero-order chi connectivity index (χ0) is 20.2. The van der Waals surface area contributed by atoms with Crippen LogP contribution in [0.15, 0.2) is 36.5 Å². The van der Waals surface area contributed by atoms with Crippen LogP contribution in [0.1, 0.15) is 49.3 Å². The largest absolute Gasteiger partial charge is 0.494 e. The Balaban J connectivity index is 1.34. The van der Waals surface area contributed by atoms with Gasteiger partial charge in [0.2, 0.25) is 0 Å². The molecule has 1 aromatic heterocycles. The summed E-state index contributed by atoms with van der Waals surface area (Å²) in [6, 6.07) is 10.1. The van der Waals surface area contributed by atoms with Crippen LogP contribution in [0.25, 0.3) is 0 Å². The van der Waals surface area contributed by atoms with Crippen molar-refractivity contribution in [1.82, 2.24) is 15.6 Å². The molecule has 0 bridgehead atoms. The quantitative estimate of drug-likeness (QED) is 0.778. The number of rotatable bonds is 6. The first kappa shape index (κ1) is 20.1. The van der Waals surface area contributed by atoms with Crippen molar-refractivity contribution in [2.75, 3.05) is 38.2 Å². The molecular formula is C23H31FN4O. The van der Waals surface area contributed by atoms with E-state index in [-0.39, 0.29) is 11.9 Å². The van der Waals surface area contributed by atoms with Gasteiger partial charge in [-0.05, 0) is 61.4 Å². The average Bonchev–Trinajstić information content (AvgIpc) is 3.23. The van der Waals surface area contributed by atoms with Crippen LogP contribution in [0, 0.1) is 5.82 Å². The number of pyridine rings is 1. The van der Waals surface area contributed by atoms with Gasteiger partial charge in [0.25, 0.3) is 0 Å². The molecule has 3 unspecified atom stereocenters. The highest BCUT2D eigenvalue weighted by Gasteiger charge is 2.27. The van der Waals surface area contributed by atoms with E-state index in [9.17, 15) is 4.39 Å². The summed E-state index contributed by atoms with van der Waals surface area (Å²) in [4.78, 5) is 7.08.